The van der Waals surface area contributed by atoms with Gasteiger partial charge in [-0.1, -0.05) is 6.07 Å². The Bertz CT molecular complexity index is 1020. The molecule has 0 saturated heterocycles. The normalized spacial score (nSPS) is 11.8. The number of carbonyl (C=O) groups is 1. The summed E-state index contributed by atoms with van der Waals surface area (Å²) in [4.78, 5) is 25.3. The Morgan fingerprint density at radius 2 is 2.08 bits per heavy atom. The van der Waals surface area contributed by atoms with E-state index in [0.717, 1.165) is 16.8 Å². The zero-order chi connectivity index (χ0) is 18.0. The largest absolute Gasteiger partial charge is 0.283 e. The molecule has 24 heavy (non-hydrogen) atoms. The monoisotopic (exact) mass is 361 g/mol. The Hall–Kier alpha value is -2.65. The second kappa shape index (κ2) is 6.46. The number of aromatic nitrogens is 3. The van der Waals surface area contributed by atoms with E-state index in [-0.39, 0.29) is 10.4 Å². The summed E-state index contributed by atoms with van der Waals surface area (Å²) in [5, 5.41) is 0.750. The molecule has 3 rings (SSSR count). The average molecular weight is 361 g/mol. The number of pyridine rings is 2. The van der Waals surface area contributed by atoms with Crippen molar-refractivity contribution < 1.29 is 14.6 Å². The molecule has 122 valence electrons. The van der Waals surface area contributed by atoms with Gasteiger partial charge in [-0.25, -0.2) is 23.1 Å². The summed E-state index contributed by atoms with van der Waals surface area (Å²) in [6, 6.07) is 8.32. The molecule has 3 aromatic rings. The number of hydrogen-bond acceptors (Lipinski definition) is 7. The molecule has 0 aliphatic rings. The number of carbonyl (C=O) groups excluding carboxylic acids is 1. The molecule has 0 atom stereocenters. The third-order valence-corrected chi connectivity index (χ3v) is 4.45. The van der Waals surface area contributed by atoms with Gasteiger partial charge in [0.15, 0.2) is 1.41 Å². The Kier molecular flexibility index (Phi) is 4.01. The Labute approximate surface area is 144 Å². The van der Waals surface area contributed by atoms with Gasteiger partial charge >= 0.3 is 0 Å². The molecule has 3 aromatic heterocycles. The van der Waals surface area contributed by atoms with Crippen molar-refractivity contribution in [2.24, 2.45) is 0 Å². The lowest BCUT2D eigenvalue weighted by atomic mass is 10.3. The van der Waals surface area contributed by atoms with Crippen molar-refractivity contribution in [3.05, 3.63) is 54.6 Å². The lowest BCUT2D eigenvalue weighted by Crippen LogP contribution is -2.30. The summed E-state index contributed by atoms with van der Waals surface area (Å²) in [7, 11) is -3.97. The van der Waals surface area contributed by atoms with E-state index in [1.165, 1.54) is 17.4 Å². The van der Waals surface area contributed by atoms with E-state index in [9.17, 15) is 13.2 Å². The lowest BCUT2D eigenvalue weighted by molar-refractivity contribution is 0.0977. The molecule has 0 aromatic carbocycles. The molecule has 0 unspecified atom stereocenters. The maximum atomic E-state index is 12.1. The van der Waals surface area contributed by atoms with Gasteiger partial charge in [0.2, 0.25) is 10.0 Å². The zero-order valence-electron chi connectivity index (χ0n) is 13.4. The third kappa shape index (κ3) is 3.81. The van der Waals surface area contributed by atoms with Crippen LogP contribution >= 0.6 is 11.3 Å². The van der Waals surface area contributed by atoms with E-state index in [2.05, 4.69) is 15.0 Å². The van der Waals surface area contributed by atoms with Gasteiger partial charge in [0.05, 0.1) is 16.8 Å². The first-order valence-corrected chi connectivity index (χ1v) is 9.40. The third-order valence-electron chi connectivity index (χ3n) is 2.88. The fraction of sp³-hybridized carbons (Fsp3) is 0.0667. The van der Waals surface area contributed by atoms with Crippen LogP contribution < -0.4 is 4.72 Å². The van der Waals surface area contributed by atoms with E-state index in [1.807, 2.05) is 12.1 Å². The van der Waals surface area contributed by atoms with Gasteiger partial charge in [-0.05, 0) is 24.3 Å². The SMILES string of the molecule is [2H]N(C(=O)c1cccc(-c2cnc(-c3cccnc3)s2)n1)S(C)(=O)=O. The molecular formula is C15H12N4O3S2. The highest BCUT2D eigenvalue weighted by molar-refractivity contribution is 7.89. The first-order chi connectivity index (χ1) is 11.9. The minimum atomic E-state index is -3.97. The van der Waals surface area contributed by atoms with E-state index >= 15 is 0 Å². The molecule has 0 aliphatic heterocycles. The zero-order valence-corrected chi connectivity index (χ0v) is 14.1. The van der Waals surface area contributed by atoms with Crippen molar-refractivity contribution in [1.82, 2.24) is 19.7 Å². The van der Waals surface area contributed by atoms with Gasteiger partial charge in [-0.2, -0.15) is 0 Å². The van der Waals surface area contributed by atoms with Gasteiger partial charge in [-0.3, -0.25) is 9.78 Å². The molecule has 1 N–H and O–H groups in total. The molecule has 0 saturated carbocycles. The molecule has 3 heterocycles. The van der Waals surface area contributed by atoms with Crippen LogP contribution in [0.15, 0.2) is 48.9 Å². The van der Waals surface area contributed by atoms with Crippen molar-refractivity contribution in [3.63, 3.8) is 0 Å². The van der Waals surface area contributed by atoms with Crippen molar-refractivity contribution in [3.8, 4) is 21.1 Å². The number of hydrogen-bond donors (Lipinski definition) is 1. The van der Waals surface area contributed by atoms with Crippen molar-refractivity contribution in [2.45, 2.75) is 0 Å². The predicted octanol–water partition coefficient (Wildman–Crippen LogP) is 1.96. The van der Waals surface area contributed by atoms with E-state index < -0.39 is 15.9 Å². The lowest BCUT2D eigenvalue weighted by Gasteiger charge is -2.03. The number of sulfonamides is 1. The van der Waals surface area contributed by atoms with Gasteiger partial charge in [0.1, 0.15) is 10.7 Å². The fourth-order valence-corrected chi connectivity index (χ4v) is 3.17. The van der Waals surface area contributed by atoms with Gasteiger partial charge < -0.3 is 0 Å². The molecule has 0 aliphatic carbocycles. The Morgan fingerprint density at radius 1 is 1.25 bits per heavy atom. The maximum absolute atomic E-state index is 12.1. The summed E-state index contributed by atoms with van der Waals surface area (Å²) < 4.78 is 30.0. The van der Waals surface area contributed by atoms with Crippen LogP contribution in [0.25, 0.3) is 21.1 Å². The highest BCUT2D eigenvalue weighted by Gasteiger charge is 2.14. The van der Waals surface area contributed by atoms with Gasteiger partial charge in [-0.15, -0.1) is 11.3 Å². The van der Waals surface area contributed by atoms with E-state index in [0.29, 0.717) is 10.6 Å². The second-order valence-corrected chi connectivity index (χ2v) is 7.49. The maximum Gasteiger partial charge on any atom is 0.283 e. The molecule has 7 nitrogen and oxygen atoms in total. The summed E-state index contributed by atoms with van der Waals surface area (Å²) in [5.41, 5.74) is 1.20. The van der Waals surface area contributed by atoms with Crippen LogP contribution in [0.3, 0.4) is 0 Å². The van der Waals surface area contributed by atoms with Crippen LogP contribution in [-0.4, -0.2) is 35.5 Å². The number of nitrogens with one attached hydrogen (secondary N) is 1. The van der Waals surface area contributed by atoms with Crippen LogP contribution in [0.2, 0.25) is 1.41 Å². The fourth-order valence-electron chi connectivity index (χ4n) is 1.90. The number of rotatable bonds is 4. The standard InChI is InChI=1S/C15H12N4O3S2/c1-24(21,22)19-14(20)12-6-2-5-11(18-12)13-9-17-15(23-13)10-4-3-7-16-8-10/h2-9H,1H3,(H,19,20)/i/hD. The van der Waals surface area contributed by atoms with Crippen molar-refractivity contribution in [2.75, 3.05) is 6.26 Å². The number of thiazole rings is 1. The summed E-state index contributed by atoms with van der Waals surface area (Å²) in [6.07, 6.45) is 5.77. The first kappa shape index (κ1) is 14.9. The molecule has 0 spiro atoms. The summed E-state index contributed by atoms with van der Waals surface area (Å²) >= 11 is 1.37. The number of amides is 1. The molecule has 0 bridgehead atoms. The molecular weight excluding hydrogens is 348 g/mol. The van der Waals surface area contributed by atoms with Crippen LogP contribution in [0, 0.1) is 0 Å². The molecule has 1 amide bonds. The van der Waals surface area contributed by atoms with Crippen molar-refractivity contribution >= 4 is 27.3 Å². The first-order valence-electron chi connectivity index (χ1n) is 7.18. The van der Waals surface area contributed by atoms with Gasteiger partial charge in [0.25, 0.3) is 5.91 Å². The van der Waals surface area contributed by atoms with Gasteiger partial charge in [0, 0.05) is 24.2 Å². The average Bonchev–Trinajstić information content (AvgIpc) is 3.11. The highest BCUT2D eigenvalue weighted by atomic mass is 32.2. The predicted molar refractivity (Wildman–Crippen MR) is 90.9 cm³/mol. The van der Waals surface area contributed by atoms with Crippen LogP contribution in [0.5, 0.6) is 0 Å². The summed E-state index contributed by atoms with van der Waals surface area (Å²) in [6.45, 7) is 0. The minimum Gasteiger partial charge on any atom is -0.266 e. The Balaban J connectivity index is 1.93. The quantitative estimate of drug-likeness (QED) is 0.762. The van der Waals surface area contributed by atoms with Crippen molar-refractivity contribution in [1.29, 1.82) is 0 Å². The van der Waals surface area contributed by atoms with E-state index in [1.54, 1.807) is 30.7 Å². The smallest absolute Gasteiger partial charge is 0.266 e. The highest BCUT2D eigenvalue weighted by Crippen LogP contribution is 2.30. The topological polar surface area (TPSA) is 102 Å². The van der Waals surface area contributed by atoms with E-state index in [4.69, 9.17) is 1.41 Å². The molecule has 0 fully saturated rings. The Morgan fingerprint density at radius 3 is 2.79 bits per heavy atom. The van der Waals surface area contributed by atoms with Crippen LogP contribution in [0.1, 0.15) is 10.5 Å². The number of nitrogens with zero attached hydrogens (tertiary/aromatic N) is 3. The summed E-state index contributed by atoms with van der Waals surface area (Å²) in [5.74, 6) is -1.01. The molecule has 9 heteroatoms. The second-order valence-electron chi connectivity index (χ2n) is 4.81. The minimum absolute atomic E-state index is 0.0765. The van der Waals surface area contributed by atoms with Crippen LogP contribution in [-0.2, 0) is 10.0 Å². The van der Waals surface area contributed by atoms with Crippen LogP contribution in [0.4, 0.5) is 0 Å². The molecule has 0 radical (unpaired) electrons.